The Morgan fingerprint density at radius 3 is 1.16 bits per heavy atom. The fourth-order valence-corrected chi connectivity index (χ4v) is 14.5. The van der Waals surface area contributed by atoms with Crippen LogP contribution in [0.1, 0.15) is 81.1 Å². The molecular formula is C67H90Br2ClF4N11O11S5. The van der Waals surface area contributed by atoms with Gasteiger partial charge < -0.3 is 26.9 Å². The summed E-state index contributed by atoms with van der Waals surface area (Å²) in [4.78, 5) is 21.2. The highest BCUT2D eigenvalue weighted by Crippen LogP contribution is 2.28. The van der Waals surface area contributed by atoms with Gasteiger partial charge in [-0.1, -0.05) is 55.4 Å². The summed E-state index contributed by atoms with van der Waals surface area (Å²) < 4.78 is 176. The van der Waals surface area contributed by atoms with Crippen LogP contribution in [-0.4, -0.2) is 142 Å². The molecule has 5 heterocycles. The van der Waals surface area contributed by atoms with Crippen molar-refractivity contribution in [2.24, 2.45) is 29.4 Å². The van der Waals surface area contributed by atoms with Crippen molar-refractivity contribution in [1.82, 2.24) is 23.6 Å². The van der Waals surface area contributed by atoms with E-state index >= 15 is 0 Å². The van der Waals surface area contributed by atoms with E-state index < -0.39 is 60.8 Å². The van der Waals surface area contributed by atoms with Gasteiger partial charge in [0.05, 0.1) is 35.8 Å². The molecule has 9 rings (SSSR count). The molecule has 0 radical (unpaired) electrons. The number of sulfonamides is 4. The van der Waals surface area contributed by atoms with Crippen molar-refractivity contribution in [1.29, 1.82) is 0 Å². The van der Waals surface area contributed by atoms with Crippen molar-refractivity contribution in [2.75, 3.05) is 83.3 Å². The lowest BCUT2D eigenvalue weighted by Gasteiger charge is -2.31. The first-order valence-electron chi connectivity index (χ1n) is 31.6. The van der Waals surface area contributed by atoms with Crippen LogP contribution in [0, 0.1) is 46.9 Å². The second-order valence-electron chi connectivity index (χ2n) is 24.6. The Kier molecular flexibility index (Phi) is 37.3. The Bertz CT molecular complexity index is 4180. The standard InChI is InChI=1S/C21H29FN4O4S2.C15H16BrFN2O2S.C10H14FN.C6H6FN.C6H14N2O2S.C5H3BrClNO2S.C4H8O/c1-16(2)15-26(20-7-4-17(22)5-8-20)32(29,30)21-9-6-19(14-23-21)24-18-10-12-25(13-11-18)31(3,27)28;1-11(2)10-19(14-6-4-13(17)5-7-14)22(20,21)15-8-3-12(16)9-18-15;1-8(2)7-12-10-5-3-9(11)4-6-10;7-5-1-3-6(8)4-2-5;1-11(9,10)8-4-2-6(7)3-5-8;6-4-1-2-5(8-3-4)11(7,9)10;1-4(2)3-5/h4-9,14,16,18,24H,10-13,15H2,1-3H3;3-9,11H,10H2,1-2H3;3-6,8,12H,7H2,1-2H3;1-4H,8H2;6H,2-5,7H2,1H3;1-3H;3-4H,1-2H3. The first-order valence-corrected chi connectivity index (χ1v) is 42.1. The molecule has 4 aromatic carbocycles. The number of pyridine rings is 3. The van der Waals surface area contributed by atoms with Crippen LogP contribution < -0.4 is 30.7 Å². The van der Waals surface area contributed by atoms with Crippen LogP contribution in [0.4, 0.5) is 46.0 Å². The number of rotatable bonds is 19. The SMILES string of the molecule is CC(C)C=O.CC(C)CN(c1ccc(F)cc1)S(=O)(=O)c1ccc(Br)cn1.CC(C)CN(c1ccc(F)cc1)S(=O)(=O)c1ccc(NC2CCN(S(C)(=O)=O)CC2)cn1.CC(C)CNc1ccc(F)cc1.CS(=O)(=O)N1CCC(N)CC1.Nc1ccc(F)cc1.O=S(=O)(Cl)c1ccc(Br)cn1. The van der Waals surface area contributed by atoms with E-state index in [9.17, 15) is 64.4 Å². The molecule has 22 nitrogen and oxygen atoms in total. The summed E-state index contributed by atoms with van der Waals surface area (Å²) in [7, 11) is -12.6. The molecule has 101 heavy (non-hydrogen) atoms. The van der Waals surface area contributed by atoms with Gasteiger partial charge >= 0.3 is 0 Å². The van der Waals surface area contributed by atoms with Crippen LogP contribution in [0.25, 0.3) is 0 Å². The number of nitrogen functional groups attached to an aromatic ring is 1. The molecule has 0 atom stereocenters. The zero-order chi connectivity index (χ0) is 76.1. The Labute approximate surface area is 615 Å². The fraction of sp³-hybridized carbons (Fsp3) is 0.403. The highest BCUT2D eigenvalue weighted by Gasteiger charge is 2.30. The van der Waals surface area contributed by atoms with E-state index in [2.05, 4.69) is 71.3 Å². The number of carbonyl (C=O) groups excluding carboxylic acids is 1. The van der Waals surface area contributed by atoms with E-state index in [-0.39, 0.29) is 69.6 Å². The summed E-state index contributed by atoms with van der Waals surface area (Å²) in [6.07, 6.45) is 10.5. The van der Waals surface area contributed by atoms with Crippen LogP contribution in [0.2, 0.25) is 0 Å². The summed E-state index contributed by atoms with van der Waals surface area (Å²) in [6, 6.07) is 32.2. The first-order chi connectivity index (χ1) is 47.0. The second-order valence-corrected chi connectivity index (χ2v) is 36.5. The average Bonchev–Trinajstić information content (AvgIpc) is 0.795. The summed E-state index contributed by atoms with van der Waals surface area (Å²) in [5.74, 6) is -0.322. The van der Waals surface area contributed by atoms with Crippen LogP contribution >= 0.6 is 42.5 Å². The monoisotopic (exact) mass is 1650 g/mol. The molecule has 0 unspecified atom stereocenters. The highest BCUT2D eigenvalue weighted by molar-refractivity contribution is 9.10. The van der Waals surface area contributed by atoms with Crippen molar-refractivity contribution in [2.45, 2.75) is 108 Å². The number of hydrogen-bond acceptors (Lipinski definition) is 18. The Morgan fingerprint density at radius 2 is 0.851 bits per heavy atom. The highest BCUT2D eigenvalue weighted by atomic mass is 79.9. The van der Waals surface area contributed by atoms with E-state index in [0.717, 1.165) is 31.4 Å². The zero-order valence-corrected chi connectivity index (χ0v) is 65.7. The van der Waals surface area contributed by atoms with E-state index in [0.29, 0.717) is 76.6 Å². The lowest BCUT2D eigenvalue weighted by atomic mass is 10.1. The summed E-state index contributed by atoms with van der Waals surface area (Å²) in [6.45, 7) is 19.1. The van der Waals surface area contributed by atoms with Gasteiger partial charge in [0.2, 0.25) is 20.0 Å². The second kappa shape index (κ2) is 42.4. The molecule has 558 valence electrons. The molecule has 2 saturated heterocycles. The number of anilines is 5. The van der Waals surface area contributed by atoms with Crippen LogP contribution in [0.3, 0.4) is 0 Å². The first kappa shape index (κ1) is 88.8. The Morgan fingerprint density at radius 1 is 0.515 bits per heavy atom. The summed E-state index contributed by atoms with van der Waals surface area (Å²) >= 11 is 6.34. The third-order valence-corrected chi connectivity index (χ3v) is 21.9. The number of hydrogen-bond donors (Lipinski definition) is 4. The van der Waals surface area contributed by atoms with E-state index in [1.54, 1.807) is 30.3 Å². The maximum atomic E-state index is 13.3. The van der Waals surface area contributed by atoms with Gasteiger partial charge in [0.1, 0.15) is 29.6 Å². The molecule has 3 aromatic heterocycles. The average molecular weight is 1660 g/mol. The molecular weight excluding hydrogens is 1570 g/mol. The number of carbonyl (C=O) groups is 1. The van der Waals surface area contributed by atoms with Crippen molar-refractivity contribution in [3.63, 3.8) is 0 Å². The summed E-state index contributed by atoms with van der Waals surface area (Å²) in [5, 5.41) is 6.23. The molecule has 0 spiro atoms. The number of aromatic nitrogens is 3. The van der Waals surface area contributed by atoms with Crippen molar-refractivity contribution >= 4 is 126 Å². The Balaban J connectivity index is 0.000000332. The minimum Gasteiger partial charge on any atom is -0.399 e. The quantitative estimate of drug-likeness (QED) is 0.0253. The van der Waals surface area contributed by atoms with E-state index in [1.807, 2.05) is 41.5 Å². The van der Waals surface area contributed by atoms with Crippen molar-refractivity contribution in [3.05, 3.63) is 184 Å². The number of nitrogens with two attached hydrogens (primary N) is 2. The van der Waals surface area contributed by atoms with Gasteiger partial charge in [-0.05, 0) is 209 Å². The Hall–Kier alpha value is -6.40. The minimum absolute atomic E-state index is 0.0410. The van der Waals surface area contributed by atoms with Gasteiger partial charge in [0.25, 0.3) is 29.1 Å². The fourth-order valence-electron chi connectivity index (χ4n) is 8.56. The molecule has 2 fully saturated rings. The largest absolute Gasteiger partial charge is 0.399 e. The van der Waals surface area contributed by atoms with Gasteiger partial charge in [0.15, 0.2) is 15.1 Å². The molecule has 2 aliphatic rings. The minimum atomic E-state index is -3.94. The number of nitrogens with one attached hydrogen (secondary N) is 2. The van der Waals surface area contributed by atoms with Gasteiger partial charge in [-0.25, -0.2) is 66.4 Å². The summed E-state index contributed by atoms with van der Waals surface area (Å²) in [5.41, 5.74) is 13.9. The smallest absolute Gasteiger partial charge is 0.281 e. The van der Waals surface area contributed by atoms with Gasteiger partial charge in [-0.2, -0.15) is 16.8 Å². The number of aldehydes is 1. The number of halogens is 7. The predicted molar refractivity (Wildman–Crippen MR) is 401 cm³/mol. The molecule has 0 saturated carbocycles. The molecule has 34 heteroatoms. The topological polar surface area (TPSA) is 315 Å². The molecule has 0 bridgehead atoms. The van der Waals surface area contributed by atoms with E-state index in [1.165, 1.54) is 151 Å². The lowest BCUT2D eigenvalue weighted by molar-refractivity contribution is -0.110. The van der Waals surface area contributed by atoms with Gasteiger partial charge in [-0.15, -0.1) is 0 Å². The van der Waals surface area contributed by atoms with Crippen molar-refractivity contribution < 1.29 is 64.4 Å². The van der Waals surface area contributed by atoms with Crippen LogP contribution in [-0.2, 0) is 53.9 Å². The molecule has 2 aliphatic heterocycles. The molecule has 7 aromatic rings. The zero-order valence-electron chi connectivity index (χ0n) is 57.7. The number of benzene rings is 4. The predicted octanol–water partition coefficient (Wildman–Crippen LogP) is 13.0. The van der Waals surface area contributed by atoms with Crippen LogP contribution in [0.15, 0.2) is 176 Å². The molecule has 0 amide bonds. The third kappa shape index (κ3) is 33.7. The van der Waals surface area contributed by atoms with Gasteiger partial charge in [-0.3, -0.25) is 8.61 Å². The lowest BCUT2D eigenvalue weighted by Crippen LogP contribution is -2.42. The van der Waals surface area contributed by atoms with Crippen molar-refractivity contribution in [3.8, 4) is 0 Å². The van der Waals surface area contributed by atoms with E-state index in [4.69, 9.17) is 22.1 Å². The normalized spacial score (nSPS) is 13.9. The molecule has 0 aliphatic carbocycles. The van der Waals surface area contributed by atoms with Gasteiger partial charge in [0, 0.05) is 107 Å². The maximum absolute atomic E-state index is 13.3. The third-order valence-electron chi connectivity index (χ3n) is 13.7. The number of piperidine rings is 2. The molecule has 6 N–H and O–H groups in total. The maximum Gasteiger partial charge on any atom is 0.281 e. The number of nitrogens with zero attached hydrogens (tertiary/aromatic N) is 7. The van der Waals surface area contributed by atoms with Crippen LogP contribution in [0.5, 0.6) is 0 Å².